The zero-order chi connectivity index (χ0) is 20.4. The maximum atomic E-state index is 12.3. The van der Waals surface area contributed by atoms with Crippen LogP contribution in [0.2, 0.25) is 0 Å². The van der Waals surface area contributed by atoms with Gasteiger partial charge in [-0.15, -0.1) is 0 Å². The predicted octanol–water partition coefficient (Wildman–Crippen LogP) is 1.64. The van der Waals surface area contributed by atoms with Crippen LogP contribution in [0.1, 0.15) is 32.8 Å². The van der Waals surface area contributed by atoms with Crippen LogP contribution >= 0.6 is 0 Å². The van der Waals surface area contributed by atoms with Gasteiger partial charge in [0.15, 0.2) is 0 Å². The van der Waals surface area contributed by atoms with Gasteiger partial charge in [-0.05, 0) is 26.3 Å². The second-order valence-corrected chi connectivity index (χ2v) is 5.83. The minimum Gasteiger partial charge on any atom is -0.479 e. The molecule has 1 aromatic carbocycles. The number of carbonyl (C=O) groups is 4. The average Bonchev–Trinajstić information content (AvgIpc) is 2.59. The van der Waals surface area contributed by atoms with E-state index in [0.717, 1.165) is 0 Å². The Hall–Kier alpha value is -3.10. The van der Waals surface area contributed by atoms with Crippen molar-refractivity contribution in [2.24, 2.45) is 0 Å². The fourth-order valence-corrected chi connectivity index (χ4v) is 2.09. The van der Waals surface area contributed by atoms with Crippen molar-refractivity contribution in [2.45, 2.75) is 45.4 Å². The quantitative estimate of drug-likeness (QED) is 0.375. The lowest BCUT2D eigenvalue weighted by Crippen LogP contribution is -2.62. The van der Waals surface area contributed by atoms with Crippen LogP contribution in [0.25, 0.3) is 0 Å². The Kier molecular flexibility index (Phi) is 8.25. The van der Waals surface area contributed by atoms with E-state index >= 15 is 0 Å². The number of esters is 2. The highest BCUT2D eigenvalue weighted by Crippen LogP contribution is 2.17. The van der Waals surface area contributed by atoms with E-state index in [2.05, 4.69) is 0 Å². The third-order valence-electron chi connectivity index (χ3n) is 3.29. The molecule has 1 amide bonds. The normalized spacial score (nSPS) is 12.6. The fourth-order valence-electron chi connectivity index (χ4n) is 2.09. The second kappa shape index (κ2) is 10.1. The molecule has 0 heterocycles. The highest BCUT2D eigenvalue weighted by molar-refractivity contribution is 6.09. The lowest BCUT2D eigenvalue weighted by atomic mass is 9.95. The van der Waals surface area contributed by atoms with E-state index in [9.17, 15) is 24.3 Å². The molecule has 0 aliphatic carbocycles. The van der Waals surface area contributed by atoms with E-state index in [4.69, 9.17) is 14.2 Å². The molecule has 0 aromatic heterocycles. The number of nitrogens with one attached hydrogen (secondary N) is 1. The molecule has 2 N–H and O–H groups in total. The Labute approximate surface area is 156 Å². The maximum Gasteiger partial charge on any atom is 0.408 e. The highest BCUT2D eigenvalue weighted by atomic mass is 16.6. The number of aliphatic carboxylic acids is 1. The molecule has 1 aromatic rings. The molecule has 0 spiro atoms. The molecular weight excluding hydrogens is 358 g/mol. The number of hydrogen-bond donors (Lipinski definition) is 2. The summed E-state index contributed by atoms with van der Waals surface area (Å²) in [6, 6.07) is 8.64. The number of alkyl carbamates (subject to hydrolysis) is 1. The Morgan fingerprint density at radius 2 is 1.74 bits per heavy atom. The molecule has 27 heavy (non-hydrogen) atoms. The summed E-state index contributed by atoms with van der Waals surface area (Å²) >= 11 is 0. The number of carboxylic acids is 1. The van der Waals surface area contributed by atoms with E-state index in [0.29, 0.717) is 5.56 Å². The van der Waals surface area contributed by atoms with Crippen LogP contribution in [0.4, 0.5) is 4.79 Å². The molecule has 148 valence electrons. The topological polar surface area (TPSA) is 128 Å². The Balaban J connectivity index is 2.97. The van der Waals surface area contributed by atoms with Crippen LogP contribution in [-0.2, 0) is 35.2 Å². The summed E-state index contributed by atoms with van der Waals surface area (Å²) in [4.78, 5) is 48.1. The van der Waals surface area contributed by atoms with Gasteiger partial charge in [-0.25, -0.2) is 14.4 Å². The van der Waals surface area contributed by atoms with Crippen molar-refractivity contribution < 1.29 is 38.5 Å². The first kappa shape index (κ1) is 21.9. The van der Waals surface area contributed by atoms with Crippen molar-refractivity contribution in [3.63, 3.8) is 0 Å². The third kappa shape index (κ3) is 6.61. The molecule has 0 saturated carbocycles. The van der Waals surface area contributed by atoms with E-state index in [1.54, 1.807) is 44.2 Å². The highest BCUT2D eigenvalue weighted by Gasteiger charge is 2.52. The molecule has 0 fully saturated rings. The summed E-state index contributed by atoms with van der Waals surface area (Å²) in [6.45, 7) is 4.29. The SMILES string of the molecule is CCOC(=O)[C@](CC(=O)OC(C)C)(NC(=O)OCc1ccccc1)C(=O)O. The summed E-state index contributed by atoms with van der Waals surface area (Å²) < 4.78 is 14.6. The number of hydrogen-bond acceptors (Lipinski definition) is 7. The van der Waals surface area contributed by atoms with Gasteiger partial charge in [0.05, 0.1) is 19.1 Å². The number of carbonyl (C=O) groups excluding carboxylic acids is 3. The average molecular weight is 381 g/mol. The molecular formula is C18H23NO8. The van der Waals surface area contributed by atoms with Crippen molar-refractivity contribution >= 4 is 24.0 Å². The molecule has 0 bridgehead atoms. The van der Waals surface area contributed by atoms with Crippen molar-refractivity contribution in [1.29, 1.82) is 0 Å². The smallest absolute Gasteiger partial charge is 0.408 e. The van der Waals surface area contributed by atoms with Gasteiger partial charge in [0.1, 0.15) is 6.61 Å². The van der Waals surface area contributed by atoms with Crippen molar-refractivity contribution in [3.05, 3.63) is 35.9 Å². The fraction of sp³-hybridized carbons (Fsp3) is 0.444. The lowest BCUT2D eigenvalue weighted by molar-refractivity contribution is -0.169. The van der Waals surface area contributed by atoms with Gasteiger partial charge >= 0.3 is 24.0 Å². The predicted molar refractivity (Wildman–Crippen MR) is 92.6 cm³/mol. The Morgan fingerprint density at radius 3 is 2.26 bits per heavy atom. The molecule has 1 atom stereocenters. The van der Waals surface area contributed by atoms with Crippen LogP contribution in [0, 0.1) is 0 Å². The summed E-state index contributed by atoms with van der Waals surface area (Å²) in [5.74, 6) is -4.04. The van der Waals surface area contributed by atoms with Crippen LogP contribution in [0.3, 0.4) is 0 Å². The van der Waals surface area contributed by atoms with Gasteiger partial charge in [-0.2, -0.15) is 0 Å². The third-order valence-corrected chi connectivity index (χ3v) is 3.29. The summed E-state index contributed by atoms with van der Waals surface area (Å²) in [6.07, 6.45) is -2.66. The molecule has 1 rings (SSSR count). The first-order chi connectivity index (χ1) is 12.7. The number of carboxylic acid groups (broad SMARTS) is 1. The van der Waals surface area contributed by atoms with E-state index in [1.807, 2.05) is 5.32 Å². The number of ether oxygens (including phenoxy) is 3. The largest absolute Gasteiger partial charge is 0.479 e. The molecule has 0 radical (unpaired) electrons. The van der Waals surface area contributed by atoms with Crippen LogP contribution in [0.5, 0.6) is 0 Å². The molecule has 9 heteroatoms. The maximum absolute atomic E-state index is 12.3. The molecule has 0 aliphatic rings. The number of amides is 1. The molecule has 9 nitrogen and oxygen atoms in total. The molecule has 0 saturated heterocycles. The molecule has 0 unspecified atom stereocenters. The van der Waals surface area contributed by atoms with E-state index < -0.39 is 42.1 Å². The lowest BCUT2D eigenvalue weighted by Gasteiger charge is -2.27. The zero-order valence-electron chi connectivity index (χ0n) is 15.4. The monoisotopic (exact) mass is 381 g/mol. The van der Waals surface area contributed by atoms with Gasteiger partial charge in [0, 0.05) is 0 Å². The van der Waals surface area contributed by atoms with Crippen molar-refractivity contribution in [1.82, 2.24) is 5.32 Å². The first-order valence-electron chi connectivity index (χ1n) is 8.30. The minimum atomic E-state index is -2.66. The van der Waals surface area contributed by atoms with Gasteiger partial charge < -0.3 is 19.3 Å². The summed E-state index contributed by atoms with van der Waals surface area (Å²) in [5, 5.41) is 11.5. The van der Waals surface area contributed by atoms with Crippen LogP contribution < -0.4 is 5.32 Å². The summed E-state index contributed by atoms with van der Waals surface area (Å²) in [7, 11) is 0. The van der Waals surface area contributed by atoms with E-state index in [-0.39, 0.29) is 13.2 Å². The van der Waals surface area contributed by atoms with Gasteiger partial charge in [-0.1, -0.05) is 30.3 Å². The van der Waals surface area contributed by atoms with Gasteiger partial charge in [-0.3, -0.25) is 10.1 Å². The Morgan fingerprint density at radius 1 is 1.11 bits per heavy atom. The first-order valence-corrected chi connectivity index (χ1v) is 8.30. The minimum absolute atomic E-state index is 0.145. The van der Waals surface area contributed by atoms with Gasteiger partial charge in [0.25, 0.3) is 0 Å². The Bertz CT molecular complexity index is 673. The van der Waals surface area contributed by atoms with E-state index in [1.165, 1.54) is 6.92 Å². The standard InChI is InChI=1S/C18H23NO8/c1-4-25-16(23)18(15(21)22,10-14(20)27-12(2)3)19-17(24)26-11-13-8-6-5-7-9-13/h5-9,12H,4,10-11H2,1-3H3,(H,19,24)(H,21,22)/t18-/m1/s1. The second-order valence-electron chi connectivity index (χ2n) is 5.83. The molecule has 0 aliphatic heterocycles. The van der Waals surface area contributed by atoms with Crippen molar-refractivity contribution in [3.8, 4) is 0 Å². The number of benzene rings is 1. The van der Waals surface area contributed by atoms with Crippen LogP contribution in [-0.4, -0.2) is 47.4 Å². The summed E-state index contributed by atoms with van der Waals surface area (Å²) in [5.41, 5.74) is -2.00. The number of rotatable bonds is 9. The van der Waals surface area contributed by atoms with Gasteiger partial charge in [0.2, 0.25) is 5.54 Å². The van der Waals surface area contributed by atoms with Crippen LogP contribution in [0.15, 0.2) is 30.3 Å². The zero-order valence-corrected chi connectivity index (χ0v) is 15.4. The van der Waals surface area contributed by atoms with Crippen molar-refractivity contribution in [2.75, 3.05) is 6.61 Å².